The summed E-state index contributed by atoms with van der Waals surface area (Å²) < 4.78 is 3.31. The van der Waals surface area contributed by atoms with Crippen molar-refractivity contribution in [3.63, 3.8) is 0 Å². The number of hydrogen-bond acceptors (Lipinski definition) is 5. The summed E-state index contributed by atoms with van der Waals surface area (Å²) in [5, 5.41) is 23.9. The van der Waals surface area contributed by atoms with Crippen LogP contribution in [0.4, 0.5) is 0 Å². The lowest BCUT2D eigenvalue weighted by Gasteiger charge is -2.03. The van der Waals surface area contributed by atoms with E-state index in [0.717, 1.165) is 0 Å². The number of hydrogen-bond donors (Lipinski definition) is 1. The third-order valence-corrected chi connectivity index (χ3v) is 2.23. The highest BCUT2D eigenvalue weighted by atomic mass is 16.4. The Bertz CT molecular complexity index is 477. The molecule has 0 atom stereocenters. The van der Waals surface area contributed by atoms with Gasteiger partial charge in [-0.05, 0) is 22.9 Å². The summed E-state index contributed by atoms with van der Waals surface area (Å²) in [5.74, 6) is -0.147. The fourth-order valence-corrected chi connectivity index (χ4v) is 1.43. The van der Waals surface area contributed by atoms with Crippen LogP contribution in [0.25, 0.3) is 0 Å². The number of carboxylic acids is 1. The summed E-state index contributed by atoms with van der Waals surface area (Å²) in [7, 11) is 0. The maximum Gasteiger partial charge on any atom is 0.303 e. The summed E-state index contributed by atoms with van der Waals surface area (Å²) in [6.07, 6.45) is 4.11. The van der Waals surface area contributed by atoms with E-state index in [4.69, 9.17) is 5.11 Å². The second-order valence-electron chi connectivity index (χ2n) is 3.52. The number of aromatic nitrogens is 6. The Labute approximate surface area is 96.9 Å². The molecule has 0 bridgehead atoms. The van der Waals surface area contributed by atoms with Gasteiger partial charge in [0, 0.05) is 25.4 Å². The van der Waals surface area contributed by atoms with Crippen molar-refractivity contribution in [2.45, 2.75) is 25.9 Å². The van der Waals surface area contributed by atoms with E-state index in [-0.39, 0.29) is 6.42 Å². The molecule has 0 aliphatic rings. The van der Waals surface area contributed by atoms with Crippen molar-refractivity contribution in [3.8, 4) is 0 Å². The van der Waals surface area contributed by atoms with E-state index >= 15 is 0 Å². The average Bonchev–Trinajstić information content (AvgIpc) is 2.91. The highest BCUT2D eigenvalue weighted by molar-refractivity contribution is 5.66. The Hall–Kier alpha value is -2.25. The van der Waals surface area contributed by atoms with E-state index in [1.54, 1.807) is 15.6 Å². The molecule has 2 aromatic heterocycles. The van der Waals surface area contributed by atoms with Gasteiger partial charge in [0.25, 0.3) is 0 Å². The first-order valence-electron chi connectivity index (χ1n) is 5.20. The molecule has 17 heavy (non-hydrogen) atoms. The number of nitrogens with zero attached hydrogens (tertiary/aromatic N) is 6. The quantitative estimate of drug-likeness (QED) is 0.744. The number of rotatable bonds is 6. The van der Waals surface area contributed by atoms with Crippen LogP contribution in [0.5, 0.6) is 0 Å². The molecule has 8 heteroatoms. The average molecular weight is 236 g/mol. The van der Waals surface area contributed by atoms with Gasteiger partial charge in [0.1, 0.15) is 6.54 Å². The topological polar surface area (TPSA) is 98.7 Å². The second kappa shape index (κ2) is 5.19. The number of carbonyl (C=O) groups is 1. The van der Waals surface area contributed by atoms with Gasteiger partial charge in [0.05, 0.1) is 0 Å². The fourth-order valence-electron chi connectivity index (χ4n) is 1.43. The molecule has 0 spiro atoms. The molecule has 0 fully saturated rings. The van der Waals surface area contributed by atoms with Gasteiger partial charge in [-0.1, -0.05) is 0 Å². The van der Waals surface area contributed by atoms with Crippen LogP contribution in [-0.2, 0) is 17.9 Å². The van der Waals surface area contributed by atoms with E-state index in [9.17, 15) is 4.79 Å². The van der Waals surface area contributed by atoms with Crippen LogP contribution in [0, 0.1) is 0 Å². The third-order valence-electron chi connectivity index (χ3n) is 2.23. The summed E-state index contributed by atoms with van der Waals surface area (Å²) in [5.41, 5.74) is 0. The van der Waals surface area contributed by atoms with Gasteiger partial charge < -0.3 is 5.11 Å². The monoisotopic (exact) mass is 236 g/mol. The third kappa shape index (κ3) is 3.10. The van der Waals surface area contributed by atoms with E-state index in [2.05, 4.69) is 20.6 Å². The minimum absolute atomic E-state index is 0.112. The van der Waals surface area contributed by atoms with Crippen molar-refractivity contribution in [1.82, 2.24) is 30.0 Å². The van der Waals surface area contributed by atoms with Crippen LogP contribution in [0.15, 0.2) is 18.5 Å². The molecule has 2 rings (SSSR count). The molecule has 0 saturated heterocycles. The molecule has 0 aliphatic heterocycles. The van der Waals surface area contributed by atoms with Crippen LogP contribution < -0.4 is 0 Å². The molecule has 0 aliphatic carbocycles. The molecule has 0 radical (unpaired) electrons. The van der Waals surface area contributed by atoms with Crippen LogP contribution in [-0.4, -0.2) is 41.1 Å². The molecule has 0 amide bonds. The SMILES string of the molecule is O=C(O)CCCn1nnnc1Cn1cccn1. The van der Waals surface area contributed by atoms with Crippen LogP contribution in [0.3, 0.4) is 0 Å². The van der Waals surface area contributed by atoms with E-state index in [0.29, 0.717) is 25.3 Å². The molecule has 0 unspecified atom stereocenters. The first-order chi connectivity index (χ1) is 8.25. The van der Waals surface area contributed by atoms with Crippen molar-refractivity contribution < 1.29 is 9.90 Å². The zero-order chi connectivity index (χ0) is 12.1. The Morgan fingerprint density at radius 3 is 3.06 bits per heavy atom. The fraction of sp³-hybridized carbons (Fsp3) is 0.444. The van der Waals surface area contributed by atoms with Gasteiger partial charge in [0.15, 0.2) is 5.82 Å². The molecule has 0 aromatic carbocycles. The molecule has 90 valence electrons. The van der Waals surface area contributed by atoms with E-state index < -0.39 is 5.97 Å². The summed E-state index contributed by atoms with van der Waals surface area (Å²) >= 11 is 0. The highest BCUT2D eigenvalue weighted by Gasteiger charge is 2.07. The molecular formula is C9H12N6O2. The van der Waals surface area contributed by atoms with Gasteiger partial charge >= 0.3 is 5.97 Å². The highest BCUT2D eigenvalue weighted by Crippen LogP contribution is 1.99. The zero-order valence-electron chi connectivity index (χ0n) is 9.10. The Kier molecular flexibility index (Phi) is 3.43. The zero-order valence-corrected chi connectivity index (χ0v) is 9.10. The van der Waals surface area contributed by atoms with Gasteiger partial charge in [-0.2, -0.15) is 5.10 Å². The minimum atomic E-state index is -0.813. The Morgan fingerprint density at radius 2 is 2.35 bits per heavy atom. The number of tetrazole rings is 1. The Morgan fingerprint density at radius 1 is 1.47 bits per heavy atom. The predicted octanol–water partition coefficient (Wildman–Crippen LogP) is -0.217. The summed E-state index contributed by atoms with van der Waals surface area (Å²) in [6, 6.07) is 1.82. The molecule has 0 saturated carbocycles. The molecular weight excluding hydrogens is 224 g/mol. The molecule has 2 heterocycles. The van der Waals surface area contributed by atoms with Gasteiger partial charge in [-0.15, -0.1) is 5.10 Å². The first-order valence-corrected chi connectivity index (χ1v) is 5.20. The molecule has 1 N–H and O–H groups in total. The molecule has 8 nitrogen and oxygen atoms in total. The lowest BCUT2D eigenvalue weighted by Crippen LogP contribution is -2.11. The van der Waals surface area contributed by atoms with Gasteiger partial charge in [-0.25, -0.2) is 4.68 Å². The lowest BCUT2D eigenvalue weighted by molar-refractivity contribution is -0.137. The van der Waals surface area contributed by atoms with Crippen LogP contribution in [0.1, 0.15) is 18.7 Å². The maximum atomic E-state index is 10.4. The first kappa shape index (κ1) is 11.2. The number of carboxylic acid groups (broad SMARTS) is 1. The van der Waals surface area contributed by atoms with Crippen LogP contribution >= 0.6 is 0 Å². The van der Waals surface area contributed by atoms with Crippen molar-refractivity contribution in [2.75, 3.05) is 0 Å². The van der Waals surface area contributed by atoms with E-state index in [1.165, 1.54) is 0 Å². The smallest absolute Gasteiger partial charge is 0.303 e. The van der Waals surface area contributed by atoms with E-state index in [1.807, 2.05) is 12.3 Å². The summed E-state index contributed by atoms with van der Waals surface area (Å²) in [6.45, 7) is 0.975. The maximum absolute atomic E-state index is 10.4. The van der Waals surface area contributed by atoms with Gasteiger partial charge in [-0.3, -0.25) is 9.48 Å². The number of aryl methyl sites for hydroxylation is 1. The second-order valence-corrected chi connectivity index (χ2v) is 3.52. The summed E-state index contributed by atoms with van der Waals surface area (Å²) in [4.78, 5) is 10.4. The minimum Gasteiger partial charge on any atom is -0.481 e. The largest absolute Gasteiger partial charge is 0.481 e. The van der Waals surface area contributed by atoms with Gasteiger partial charge in [0.2, 0.25) is 0 Å². The van der Waals surface area contributed by atoms with Crippen molar-refractivity contribution in [3.05, 3.63) is 24.3 Å². The van der Waals surface area contributed by atoms with Crippen LogP contribution in [0.2, 0.25) is 0 Å². The van der Waals surface area contributed by atoms with Crippen molar-refractivity contribution >= 4 is 5.97 Å². The molecule has 2 aromatic rings. The lowest BCUT2D eigenvalue weighted by atomic mass is 10.3. The van der Waals surface area contributed by atoms with Crippen molar-refractivity contribution in [2.24, 2.45) is 0 Å². The standard InChI is InChI=1S/C9H12N6O2/c16-9(17)3-1-6-15-8(11-12-13-15)7-14-5-2-4-10-14/h2,4-5H,1,3,6-7H2,(H,16,17). The van der Waals surface area contributed by atoms with Crippen molar-refractivity contribution in [1.29, 1.82) is 0 Å². The number of aliphatic carboxylic acids is 1. The predicted molar refractivity (Wildman–Crippen MR) is 56.0 cm³/mol. The normalized spacial score (nSPS) is 10.6. The Balaban J connectivity index is 1.94.